The highest BCUT2D eigenvalue weighted by atomic mass is 16.3. The standard InChI is InChI=1S/C13H19NO/c1-10-3-4-12(11(2)7-10)14-8-13(9-15)5-6-13/h3-4,7,14-15H,5-6,8-9H2,1-2H3. The quantitative estimate of drug-likeness (QED) is 0.791. The molecule has 0 spiro atoms. The predicted molar refractivity (Wildman–Crippen MR) is 63.2 cm³/mol. The molecule has 2 heteroatoms. The van der Waals surface area contributed by atoms with Crippen LogP contribution in [0.3, 0.4) is 0 Å². The van der Waals surface area contributed by atoms with Crippen molar-refractivity contribution in [3.8, 4) is 0 Å². The summed E-state index contributed by atoms with van der Waals surface area (Å²) in [5.41, 5.74) is 3.95. The van der Waals surface area contributed by atoms with Gasteiger partial charge in [-0.25, -0.2) is 0 Å². The number of hydrogen-bond donors (Lipinski definition) is 2. The van der Waals surface area contributed by atoms with Gasteiger partial charge in [-0.2, -0.15) is 0 Å². The summed E-state index contributed by atoms with van der Waals surface area (Å²) < 4.78 is 0. The second kappa shape index (κ2) is 3.86. The topological polar surface area (TPSA) is 32.3 Å². The number of hydrogen-bond acceptors (Lipinski definition) is 2. The van der Waals surface area contributed by atoms with Crippen LogP contribution in [0.2, 0.25) is 0 Å². The lowest BCUT2D eigenvalue weighted by atomic mass is 10.1. The van der Waals surface area contributed by atoms with Crippen LogP contribution in [-0.2, 0) is 0 Å². The summed E-state index contributed by atoms with van der Waals surface area (Å²) in [4.78, 5) is 0. The molecule has 1 saturated carbocycles. The molecule has 82 valence electrons. The molecule has 1 aliphatic rings. The molecule has 0 aromatic heterocycles. The molecule has 1 aromatic carbocycles. The lowest BCUT2D eigenvalue weighted by molar-refractivity contribution is 0.220. The Morgan fingerprint density at radius 1 is 1.33 bits per heavy atom. The van der Waals surface area contributed by atoms with Gasteiger partial charge in [-0.15, -0.1) is 0 Å². The van der Waals surface area contributed by atoms with Crippen LogP contribution < -0.4 is 5.32 Å². The van der Waals surface area contributed by atoms with Gasteiger partial charge < -0.3 is 10.4 Å². The molecular formula is C13H19NO. The molecule has 0 radical (unpaired) electrons. The average molecular weight is 205 g/mol. The maximum Gasteiger partial charge on any atom is 0.0504 e. The number of aliphatic hydroxyl groups is 1. The average Bonchev–Trinajstić information content (AvgIpc) is 2.97. The molecule has 0 aliphatic heterocycles. The van der Waals surface area contributed by atoms with E-state index in [9.17, 15) is 5.11 Å². The molecule has 0 atom stereocenters. The van der Waals surface area contributed by atoms with E-state index in [4.69, 9.17) is 0 Å². The Labute approximate surface area is 91.3 Å². The van der Waals surface area contributed by atoms with Crippen molar-refractivity contribution >= 4 is 5.69 Å². The van der Waals surface area contributed by atoms with E-state index < -0.39 is 0 Å². The highest BCUT2D eigenvalue weighted by Crippen LogP contribution is 2.45. The van der Waals surface area contributed by atoms with Gasteiger partial charge >= 0.3 is 0 Å². The van der Waals surface area contributed by atoms with Crippen LogP contribution in [0.15, 0.2) is 18.2 Å². The highest BCUT2D eigenvalue weighted by Gasteiger charge is 2.41. The van der Waals surface area contributed by atoms with Gasteiger partial charge in [0.15, 0.2) is 0 Å². The van der Waals surface area contributed by atoms with E-state index in [2.05, 4.69) is 37.4 Å². The van der Waals surface area contributed by atoms with Gasteiger partial charge in [-0.1, -0.05) is 17.7 Å². The van der Waals surface area contributed by atoms with Gasteiger partial charge in [0.05, 0.1) is 6.61 Å². The number of anilines is 1. The van der Waals surface area contributed by atoms with E-state index in [1.807, 2.05) is 0 Å². The van der Waals surface area contributed by atoms with Crippen LogP contribution in [-0.4, -0.2) is 18.3 Å². The fourth-order valence-electron chi connectivity index (χ4n) is 1.86. The molecule has 0 amide bonds. The summed E-state index contributed by atoms with van der Waals surface area (Å²) in [6.45, 7) is 5.43. The molecule has 0 bridgehead atoms. The molecule has 1 fully saturated rings. The fraction of sp³-hybridized carbons (Fsp3) is 0.538. The fourth-order valence-corrected chi connectivity index (χ4v) is 1.86. The Morgan fingerprint density at radius 3 is 2.60 bits per heavy atom. The van der Waals surface area contributed by atoms with Gasteiger partial charge in [-0.05, 0) is 38.3 Å². The van der Waals surface area contributed by atoms with Crippen LogP contribution in [0.5, 0.6) is 0 Å². The zero-order valence-corrected chi connectivity index (χ0v) is 9.51. The second-order valence-corrected chi connectivity index (χ2v) is 4.83. The first-order valence-electron chi connectivity index (χ1n) is 5.57. The number of rotatable bonds is 4. The van der Waals surface area contributed by atoms with E-state index in [0.29, 0.717) is 6.61 Å². The van der Waals surface area contributed by atoms with Crippen LogP contribution in [0.4, 0.5) is 5.69 Å². The molecule has 0 saturated heterocycles. The van der Waals surface area contributed by atoms with Gasteiger partial charge in [0.25, 0.3) is 0 Å². The molecule has 2 N–H and O–H groups in total. The number of nitrogens with one attached hydrogen (secondary N) is 1. The first kappa shape index (κ1) is 10.5. The highest BCUT2D eigenvalue weighted by molar-refractivity contribution is 5.52. The Balaban J connectivity index is 1.99. The van der Waals surface area contributed by atoms with Crippen LogP contribution in [0.25, 0.3) is 0 Å². The molecule has 1 aliphatic carbocycles. The van der Waals surface area contributed by atoms with E-state index in [-0.39, 0.29) is 5.41 Å². The normalized spacial score (nSPS) is 17.5. The first-order chi connectivity index (χ1) is 7.15. The van der Waals surface area contributed by atoms with Crippen LogP contribution in [0.1, 0.15) is 24.0 Å². The largest absolute Gasteiger partial charge is 0.396 e. The molecule has 1 aromatic rings. The van der Waals surface area contributed by atoms with Gasteiger partial charge in [-0.3, -0.25) is 0 Å². The van der Waals surface area contributed by atoms with Crippen molar-refractivity contribution in [3.05, 3.63) is 29.3 Å². The Morgan fingerprint density at radius 2 is 2.07 bits per heavy atom. The minimum atomic E-state index is 0.178. The summed E-state index contributed by atoms with van der Waals surface area (Å²) >= 11 is 0. The third-order valence-corrected chi connectivity index (χ3v) is 3.33. The lowest BCUT2D eigenvalue weighted by Gasteiger charge is -2.15. The van der Waals surface area contributed by atoms with Crippen molar-refractivity contribution < 1.29 is 5.11 Å². The smallest absolute Gasteiger partial charge is 0.0504 e. The summed E-state index contributed by atoms with van der Waals surface area (Å²) in [7, 11) is 0. The minimum Gasteiger partial charge on any atom is -0.396 e. The van der Waals surface area contributed by atoms with E-state index in [1.165, 1.54) is 16.8 Å². The maximum atomic E-state index is 9.21. The van der Waals surface area contributed by atoms with Gasteiger partial charge in [0.2, 0.25) is 0 Å². The molecular weight excluding hydrogens is 186 g/mol. The zero-order valence-electron chi connectivity index (χ0n) is 9.51. The Hall–Kier alpha value is -1.02. The molecule has 0 heterocycles. The third-order valence-electron chi connectivity index (χ3n) is 3.33. The van der Waals surface area contributed by atoms with Crippen LogP contribution >= 0.6 is 0 Å². The molecule has 2 rings (SSSR count). The van der Waals surface area contributed by atoms with Crippen LogP contribution in [0, 0.1) is 19.3 Å². The summed E-state index contributed by atoms with van der Waals surface area (Å²) in [6.07, 6.45) is 2.31. The number of aliphatic hydroxyl groups excluding tert-OH is 1. The maximum absolute atomic E-state index is 9.21. The van der Waals surface area contributed by atoms with Crippen molar-refractivity contribution in [1.29, 1.82) is 0 Å². The summed E-state index contributed by atoms with van der Waals surface area (Å²) in [5, 5.41) is 12.6. The lowest BCUT2D eigenvalue weighted by Crippen LogP contribution is -2.19. The zero-order chi connectivity index (χ0) is 10.9. The molecule has 0 unspecified atom stereocenters. The minimum absolute atomic E-state index is 0.178. The molecule has 15 heavy (non-hydrogen) atoms. The second-order valence-electron chi connectivity index (χ2n) is 4.83. The summed E-state index contributed by atoms with van der Waals surface area (Å²) in [5.74, 6) is 0. The first-order valence-corrected chi connectivity index (χ1v) is 5.57. The van der Waals surface area contributed by atoms with Crippen molar-refractivity contribution in [2.45, 2.75) is 26.7 Å². The Bertz CT molecular complexity index is 356. The van der Waals surface area contributed by atoms with Crippen molar-refractivity contribution in [2.24, 2.45) is 5.41 Å². The predicted octanol–water partition coefficient (Wildman–Crippen LogP) is 2.49. The van der Waals surface area contributed by atoms with E-state index in [1.54, 1.807) is 0 Å². The third kappa shape index (κ3) is 2.32. The monoisotopic (exact) mass is 205 g/mol. The molecule has 2 nitrogen and oxygen atoms in total. The SMILES string of the molecule is Cc1ccc(NCC2(CO)CC2)c(C)c1. The number of benzene rings is 1. The number of aryl methyl sites for hydroxylation is 2. The van der Waals surface area contributed by atoms with Crippen molar-refractivity contribution in [3.63, 3.8) is 0 Å². The summed E-state index contributed by atoms with van der Waals surface area (Å²) in [6, 6.07) is 6.42. The van der Waals surface area contributed by atoms with Gasteiger partial charge in [0, 0.05) is 17.6 Å². The Kier molecular flexibility index (Phi) is 2.70. The van der Waals surface area contributed by atoms with Crippen molar-refractivity contribution in [2.75, 3.05) is 18.5 Å². The van der Waals surface area contributed by atoms with Crippen molar-refractivity contribution in [1.82, 2.24) is 0 Å². The van der Waals surface area contributed by atoms with E-state index in [0.717, 1.165) is 19.4 Å². The van der Waals surface area contributed by atoms with Gasteiger partial charge in [0.1, 0.15) is 0 Å². The van der Waals surface area contributed by atoms with E-state index >= 15 is 0 Å².